The van der Waals surface area contributed by atoms with Gasteiger partial charge in [0.2, 0.25) is 0 Å². The Labute approximate surface area is 149 Å². The highest BCUT2D eigenvalue weighted by Gasteiger charge is 2.16. The van der Waals surface area contributed by atoms with Gasteiger partial charge in [0.15, 0.2) is 11.6 Å². The molecule has 0 amide bonds. The van der Waals surface area contributed by atoms with Crippen LogP contribution in [0.5, 0.6) is 5.75 Å². The van der Waals surface area contributed by atoms with Gasteiger partial charge in [-0.2, -0.15) is 0 Å². The molecule has 0 saturated carbocycles. The number of amidine groups is 2. The van der Waals surface area contributed by atoms with E-state index in [9.17, 15) is 14.3 Å². The number of carbonyl (C=O) groups is 1. The number of hydrogen-bond donors (Lipinski definition) is 4. The predicted octanol–water partition coefficient (Wildman–Crippen LogP) is 2.81. The summed E-state index contributed by atoms with van der Waals surface area (Å²) < 4.78 is 13.0. The first-order valence-corrected chi connectivity index (χ1v) is 7.95. The molecule has 1 heterocycles. The number of rotatable bonds is 4. The highest BCUT2D eigenvalue weighted by Crippen LogP contribution is 2.16. The normalized spacial score (nSPS) is 15.3. The van der Waals surface area contributed by atoms with E-state index in [1.165, 1.54) is 30.3 Å². The number of aromatic hydroxyl groups is 1. The second-order valence-corrected chi connectivity index (χ2v) is 5.76. The summed E-state index contributed by atoms with van der Waals surface area (Å²) in [6.07, 6.45) is 1.55. The van der Waals surface area contributed by atoms with E-state index in [0.29, 0.717) is 29.3 Å². The summed E-state index contributed by atoms with van der Waals surface area (Å²) >= 11 is 0. The molecule has 1 aliphatic rings. The summed E-state index contributed by atoms with van der Waals surface area (Å²) in [4.78, 5) is 16.1. The lowest BCUT2D eigenvalue weighted by Gasteiger charge is -2.18. The van der Waals surface area contributed by atoms with Gasteiger partial charge in [-0.1, -0.05) is 6.07 Å². The molecule has 2 aromatic carbocycles. The Morgan fingerprint density at radius 2 is 2.04 bits per heavy atom. The number of halogens is 1. The molecule has 4 N–H and O–H groups in total. The van der Waals surface area contributed by atoms with Crippen molar-refractivity contribution in [2.24, 2.45) is 4.99 Å². The van der Waals surface area contributed by atoms with Gasteiger partial charge in [0, 0.05) is 29.1 Å². The number of carbonyl (C=O) groups excluding carboxylic acids is 1. The first kappa shape index (κ1) is 17.3. The Morgan fingerprint density at radius 1 is 1.27 bits per heavy atom. The average Bonchev–Trinajstić information content (AvgIpc) is 2.60. The fourth-order valence-corrected chi connectivity index (χ4v) is 2.46. The molecule has 0 aliphatic carbocycles. The maximum absolute atomic E-state index is 13.0. The van der Waals surface area contributed by atoms with E-state index in [1.54, 1.807) is 24.3 Å². The highest BCUT2D eigenvalue weighted by atomic mass is 19.1. The van der Waals surface area contributed by atoms with Crippen molar-refractivity contribution in [3.8, 4) is 5.75 Å². The van der Waals surface area contributed by atoms with Crippen LogP contribution in [0.1, 0.15) is 12.0 Å². The highest BCUT2D eigenvalue weighted by molar-refractivity contribution is 6.14. The fourth-order valence-electron chi connectivity index (χ4n) is 2.46. The monoisotopic (exact) mass is 352 g/mol. The SMILES string of the molecule is N=C(/N=C1\CC(=O)C=C(CNc2cccc(O)c2)N1)c1ccc(F)cc1. The van der Waals surface area contributed by atoms with Crippen LogP contribution in [-0.2, 0) is 4.79 Å². The van der Waals surface area contributed by atoms with Crippen LogP contribution in [0.2, 0.25) is 0 Å². The largest absolute Gasteiger partial charge is 0.508 e. The molecule has 0 bridgehead atoms. The number of hydrogen-bond acceptors (Lipinski definition) is 4. The second kappa shape index (κ2) is 7.60. The lowest BCUT2D eigenvalue weighted by Crippen LogP contribution is -2.34. The summed E-state index contributed by atoms with van der Waals surface area (Å²) in [6.45, 7) is 0.331. The second-order valence-electron chi connectivity index (χ2n) is 5.76. The van der Waals surface area contributed by atoms with Crippen LogP contribution in [-0.4, -0.2) is 29.1 Å². The topological polar surface area (TPSA) is 97.6 Å². The van der Waals surface area contributed by atoms with E-state index >= 15 is 0 Å². The molecule has 0 saturated heterocycles. The third-order valence-electron chi connectivity index (χ3n) is 3.68. The van der Waals surface area contributed by atoms with Crippen LogP contribution in [0.15, 0.2) is 65.3 Å². The van der Waals surface area contributed by atoms with E-state index in [2.05, 4.69) is 15.6 Å². The van der Waals surface area contributed by atoms with E-state index in [0.717, 1.165) is 0 Å². The van der Waals surface area contributed by atoms with Gasteiger partial charge in [-0.25, -0.2) is 9.38 Å². The van der Waals surface area contributed by atoms with Gasteiger partial charge in [-0.15, -0.1) is 0 Å². The van der Waals surface area contributed by atoms with E-state index in [1.807, 2.05) is 0 Å². The fraction of sp³-hybridized carbons (Fsp3) is 0.105. The van der Waals surface area contributed by atoms with Crippen molar-refractivity contribution in [3.05, 3.63) is 71.7 Å². The summed E-state index contributed by atoms with van der Waals surface area (Å²) in [5.41, 5.74) is 1.78. The molecule has 132 valence electrons. The van der Waals surface area contributed by atoms with Crippen molar-refractivity contribution < 1.29 is 14.3 Å². The standard InChI is InChI=1S/C19H17FN4O2/c20-13-6-4-12(5-7-13)19(21)24-18-10-17(26)9-15(23-18)11-22-14-2-1-3-16(25)8-14/h1-9,22,25H,10-11H2,(H2,21,23,24). The molecule has 0 atom stereocenters. The van der Waals surface area contributed by atoms with Crippen molar-refractivity contribution in [2.75, 3.05) is 11.9 Å². The van der Waals surface area contributed by atoms with Crippen LogP contribution in [0.3, 0.4) is 0 Å². The van der Waals surface area contributed by atoms with Crippen molar-refractivity contribution in [1.82, 2.24) is 5.32 Å². The Bertz CT molecular complexity index is 904. The lowest BCUT2D eigenvalue weighted by molar-refractivity contribution is -0.113. The van der Waals surface area contributed by atoms with E-state index in [-0.39, 0.29) is 29.6 Å². The molecule has 0 fully saturated rings. The van der Waals surface area contributed by atoms with Gasteiger partial charge in [-0.05, 0) is 36.4 Å². The van der Waals surface area contributed by atoms with Crippen molar-refractivity contribution in [1.29, 1.82) is 5.41 Å². The molecule has 26 heavy (non-hydrogen) atoms. The van der Waals surface area contributed by atoms with Crippen LogP contribution in [0.4, 0.5) is 10.1 Å². The molecule has 0 unspecified atom stereocenters. The Balaban J connectivity index is 1.67. The number of anilines is 1. The van der Waals surface area contributed by atoms with E-state index < -0.39 is 0 Å². The maximum Gasteiger partial charge on any atom is 0.164 e. The van der Waals surface area contributed by atoms with Gasteiger partial charge < -0.3 is 15.7 Å². The first-order valence-electron chi connectivity index (χ1n) is 7.95. The number of ketones is 1. The van der Waals surface area contributed by atoms with Gasteiger partial charge >= 0.3 is 0 Å². The van der Waals surface area contributed by atoms with E-state index in [4.69, 9.17) is 5.41 Å². The van der Waals surface area contributed by atoms with Gasteiger partial charge in [0.05, 0.1) is 13.0 Å². The smallest absolute Gasteiger partial charge is 0.164 e. The molecule has 2 aromatic rings. The molecule has 7 heteroatoms. The molecule has 6 nitrogen and oxygen atoms in total. The van der Waals surface area contributed by atoms with Gasteiger partial charge in [0.25, 0.3) is 0 Å². The minimum Gasteiger partial charge on any atom is -0.508 e. The quantitative estimate of drug-likeness (QED) is 0.502. The number of allylic oxidation sites excluding steroid dienone is 1. The summed E-state index contributed by atoms with van der Waals surface area (Å²) in [6, 6.07) is 12.1. The van der Waals surface area contributed by atoms with Crippen LogP contribution < -0.4 is 10.6 Å². The Morgan fingerprint density at radius 3 is 2.77 bits per heavy atom. The first-order chi connectivity index (χ1) is 12.5. The minimum atomic E-state index is -0.386. The molecule has 0 radical (unpaired) electrons. The summed E-state index contributed by atoms with van der Waals surface area (Å²) in [5.74, 6) is -0.0563. The van der Waals surface area contributed by atoms with Gasteiger partial charge in [-0.3, -0.25) is 10.2 Å². The third kappa shape index (κ3) is 4.54. The maximum atomic E-state index is 13.0. The number of aliphatic imine (C=N–C) groups is 1. The minimum absolute atomic E-state index is 0.0532. The number of phenols is 1. The predicted molar refractivity (Wildman–Crippen MR) is 98.1 cm³/mol. The van der Waals surface area contributed by atoms with Gasteiger partial charge in [0.1, 0.15) is 17.4 Å². The number of benzene rings is 2. The van der Waals surface area contributed by atoms with Crippen molar-refractivity contribution in [2.45, 2.75) is 6.42 Å². The summed E-state index contributed by atoms with van der Waals surface area (Å²) in [5, 5.41) is 23.6. The number of nitrogens with zero attached hydrogens (tertiary/aromatic N) is 1. The van der Waals surface area contributed by atoms with Crippen molar-refractivity contribution >= 4 is 23.1 Å². The zero-order valence-corrected chi connectivity index (χ0v) is 13.8. The molecule has 0 aromatic heterocycles. The Hall–Kier alpha value is -3.48. The lowest BCUT2D eigenvalue weighted by atomic mass is 10.1. The van der Waals surface area contributed by atoms with Crippen molar-refractivity contribution in [3.63, 3.8) is 0 Å². The van der Waals surface area contributed by atoms with Crippen LogP contribution >= 0.6 is 0 Å². The molecular formula is C19H17FN4O2. The van der Waals surface area contributed by atoms with Crippen LogP contribution in [0, 0.1) is 11.2 Å². The molecule has 3 rings (SSSR count). The third-order valence-corrected chi connectivity index (χ3v) is 3.68. The zero-order chi connectivity index (χ0) is 18.5. The number of phenolic OH excluding ortho intramolecular Hbond substituents is 1. The molecule has 0 spiro atoms. The van der Waals surface area contributed by atoms with Crippen LogP contribution in [0.25, 0.3) is 0 Å². The molecular weight excluding hydrogens is 335 g/mol. The number of nitrogens with one attached hydrogen (secondary N) is 3. The average molecular weight is 352 g/mol. The zero-order valence-electron chi connectivity index (χ0n) is 13.8. The summed E-state index contributed by atoms with van der Waals surface area (Å²) in [7, 11) is 0. The molecule has 1 aliphatic heterocycles. The Kier molecular flexibility index (Phi) is 5.07.